The number of furan rings is 1. The maximum absolute atomic E-state index is 10.2. The number of para-hydroxylation sites is 2. The van der Waals surface area contributed by atoms with Crippen LogP contribution < -0.4 is 4.74 Å². The summed E-state index contributed by atoms with van der Waals surface area (Å²) in [5, 5.41) is 17.0. The van der Waals surface area contributed by atoms with E-state index in [0.29, 0.717) is 6.42 Å². The molecule has 2 atom stereocenters. The van der Waals surface area contributed by atoms with Crippen molar-refractivity contribution in [2.24, 2.45) is 5.10 Å². The summed E-state index contributed by atoms with van der Waals surface area (Å²) in [6.07, 6.45) is 0.278. The van der Waals surface area contributed by atoms with Gasteiger partial charge in [0.25, 0.3) is 0 Å². The largest absolute Gasteiger partial charge is 0.507 e. The highest BCUT2D eigenvalue weighted by atomic mass is 16.5. The molecule has 130 valence electrons. The van der Waals surface area contributed by atoms with E-state index < -0.39 is 6.23 Å². The second kappa shape index (κ2) is 5.66. The topological polar surface area (TPSA) is 58.2 Å². The molecule has 2 aromatic carbocycles. The van der Waals surface area contributed by atoms with Crippen LogP contribution in [0.25, 0.3) is 0 Å². The third-order valence-electron chi connectivity index (χ3n) is 4.92. The fourth-order valence-electron chi connectivity index (χ4n) is 3.69. The molecule has 5 rings (SSSR count). The average molecular weight is 346 g/mol. The molecule has 2 aliphatic rings. The molecule has 3 aromatic rings. The number of benzene rings is 2. The first-order chi connectivity index (χ1) is 12.7. The van der Waals surface area contributed by atoms with Gasteiger partial charge in [0.1, 0.15) is 17.3 Å². The number of nitrogens with zero attached hydrogens (tertiary/aromatic N) is 2. The van der Waals surface area contributed by atoms with Crippen LogP contribution in [0.5, 0.6) is 11.5 Å². The van der Waals surface area contributed by atoms with Crippen molar-refractivity contribution in [3.8, 4) is 11.5 Å². The summed E-state index contributed by atoms with van der Waals surface area (Å²) in [4.78, 5) is 0. The number of phenolic OH excluding ortho intramolecular Hbond substituents is 1. The van der Waals surface area contributed by atoms with Gasteiger partial charge in [0, 0.05) is 17.5 Å². The molecule has 0 unspecified atom stereocenters. The van der Waals surface area contributed by atoms with Crippen molar-refractivity contribution in [1.82, 2.24) is 5.01 Å². The van der Waals surface area contributed by atoms with Crippen molar-refractivity contribution < 1.29 is 14.3 Å². The van der Waals surface area contributed by atoms with Crippen molar-refractivity contribution in [2.75, 3.05) is 0 Å². The third-order valence-corrected chi connectivity index (χ3v) is 4.92. The number of aromatic hydroxyl groups is 1. The minimum absolute atomic E-state index is 0.0463. The van der Waals surface area contributed by atoms with Gasteiger partial charge in [0.15, 0.2) is 5.76 Å². The first-order valence-electron chi connectivity index (χ1n) is 8.67. The molecule has 5 heteroatoms. The maximum Gasteiger partial charge on any atom is 0.246 e. The lowest BCUT2D eigenvalue weighted by atomic mass is 9.96. The van der Waals surface area contributed by atoms with Gasteiger partial charge in [-0.3, -0.25) is 0 Å². The predicted molar refractivity (Wildman–Crippen MR) is 97.1 cm³/mol. The van der Waals surface area contributed by atoms with Gasteiger partial charge in [0.05, 0.1) is 11.8 Å². The number of aryl methyl sites for hydroxylation is 1. The molecule has 0 spiro atoms. The Balaban J connectivity index is 1.61. The van der Waals surface area contributed by atoms with Crippen molar-refractivity contribution in [3.63, 3.8) is 0 Å². The first kappa shape index (κ1) is 15.1. The normalized spacial score (nSPS) is 21.0. The molecule has 26 heavy (non-hydrogen) atoms. The molecule has 0 fully saturated rings. The summed E-state index contributed by atoms with van der Waals surface area (Å²) >= 11 is 0. The molecule has 0 amide bonds. The standard InChI is InChI=1S/C21H18N2O3/c1-13-10-11-20(25-13)21-23-17(15-7-3-5-9-19(15)26-21)12-16(22-23)14-6-2-4-8-18(14)24/h2-11,17,21,24H,12H2,1H3/t17-,21-/m1/s1. The third kappa shape index (κ3) is 2.28. The number of rotatable bonds is 2. The highest BCUT2D eigenvalue weighted by molar-refractivity contribution is 6.04. The van der Waals surface area contributed by atoms with Gasteiger partial charge in [-0.15, -0.1) is 0 Å². The monoisotopic (exact) mass is 346 g/mol. The Hall–Kier alpha value is -3.21. The van der Waals surface area contributed by atoms with E-state index in [2.05, 4.69) is 6.07 Å². The highest BCUT2D eigenvalue weighted by Gasteiger charge is 2.42. The van der Waals surface area contributed by atoms with Crippen LogP contribution in [-0.2, 0) is 0 Å². The van der Waals surface area contributed by atoms with Crippen LogP contribution in [-0.4, -0.2) is 15.8 Å². The summed E-state index contributed by atoms with van der Waals surface area (Å²) in [5.41, 5.74) is 2.71. The second-order valence-corrected chi connectivity index (χ2v) is 6.62. The van der Waals surface area contributed by atoms with Gasteiger partial charge in [-0.25, -0.2) is 5.01 Å². The van der Waals surface area contributed by atoms with E-state index in [1.165, 1.54) is 0 Å². The fourth-order valence-corrected chi connectivity index (χ4v) is 3.69. The minimum Gasteiger partial charge on any atom is -0.507 e. The molecule has 0 saturated heterocycles. The molecular formula is C21H18N2O3. The second-order valence-electron chi connectivity index (χ2n) is 6.62. The van der Waals surface area contributed by atoms with Gasteiger partial charge < -0.3 is 14.3 Å². The number of hydrogen-bond acceptors (Lipinski definition) is 5. The number of phenols is 1. The van der Waals surface area contributed by atoms with Crippen LogP contribution in [0.15, 0.2) is 70.2 Å². The minimum atomic E-state index is -0.424. The van der Waals surface area contributed by atoms with Gasteiger partial charge in [-0.2, -0.15) is 5.10 Å². The molecule has 1 N–H and O–H groups in total. The fraction of sp³-hybridized carbons (Fsp3) is 0.190. The molecule has 2 aliphatic heterocycles. The Morgan fingerprint density at radius 3 is 2.65 bits per heavy atom. The van der Waals surface area contributed by atoms with Crippen LogP contribution in [0.2, 0.25) is 0 Å². The summed E-state index contributed by atoms with van der Waals surface area (Å²) in [5.74, 6) is 2.65. The molecule has 0 bridgehead atoms. The van der Waals surface area contributed by atoms with Crippen LogP contribution in [0.1, 0.15) is 41.3 Å². The van der Waals surface area contributed by atoms with Crippen molar-refractivity contribution in [1.29, 1.82) is 0 Å². The van der Waals surface area contributed by atoms with Crippen LogP contribution in [0.3, 0.4) is 0 Å². The van der Waals surface area contributed by atoms with E-state index >= 15 is 0 Å². The SMILES string of the molecule is Cc1ccc([C@H]2Oc3ccccc3[C@H]3CC(c4ccccc4O)=NN32)o1. The van der Waals surface area contributed by atoms with E-state index in [9.17, 15) is 5.11 Å². The predicted octanol–water partition coefficient (Wildman–Crippen LogP) is 4.54. The molecule has 1 aromatic heterocycles. The quantitative estimate of drug-likeness (QED) is 0.740. The number of fused-ring (bicyclic) bond motifs is 3. The Labute approximate surface area is 151 Å². The summed E-state index contributed by atoms with van der Waals surface area (Å²) in [6, 6.07) is 19.2. The molecule has 3 heterocycles. The van der Waals surface area contributed by atoms with Crippen molar-refractivity contribution in [2.45, 2.75) is 25.6 Å². The van der Waals surface area contributed by atoms with Crippen molar-refractivity contribution in [3.05, 3.63) is 83.3 Å². The summed E-state index contributed by atoms with van der Waals surface area (Å²) < 4.78 is 12.0. The zero-order valence-electron chi connectivity index (χ0n) is 14.3. The van der Waals surface area contributed by atoms with Gasteiger partial charge in [-0.05, 0) is 37.3 Å². The van der Waals surface area contributed by atoms with Crippen molar-refractivity contribution >= 4 is 5.71 Å². The van der Waals surface area contributed by atoms with E-state index in [4.69, 9.17) is 14.3 Å². The van der Waals surface area contributed by atoms with Gasteiger partial charge >= 0.3 is 0 Å². The molecule has 0 saturated carbocycles. The average Bonchev–Trinajstić information content (AvgIpc) is 3.28. The first-order valence-corrected chi connectivity index (χ1v) is 8.67. The lowest BCUT2D eigenvalue weighted by molar-refractivity contribution is -0.0329. The number of ether oxygens (including phenoxy) is 1. The van der Waals surface area contributed by atoms with E-state index in [-0.39, 0.29) is 11.8 Å². The highest BCUT2D eigenvalue weighted by Crippen LogP contribution is 2.47. The van der Waals surface area contributed by atoms with Crippen LogP contribution in [0, 0.1) is 6.92 Å². The lowest BCUT2D eigenvalue weighted by Crippen LogP contribution is -2.33. The Kier molecular flexibility index (Phi) is 3.28. The van der Waals surface area contributed by atoms with Crippen LogP contribution >= 0.6 is 0 Å². The summed E-state index contributed by atoms with van der Waals surface area (Å²) in [7, 11) is 0. The molecule has 0 aliphatic carbocycles. The van der Waals surface area contributed by atoms with E-state index in [0.717, 1.165) is 34.1 Å². The molecular weight excluding hydrogens is 328 g/mol. The molecule has 5 nitrogen and oxygen atoms in total. The lowest BCUT2D eigenvalue weighted by Gasteiger charge is -2.36. The van der Waals surface area contributed by atoms with E-state index in [1.807, 2.05) is 60.5 Å². The number of hydrazone groups is 1. The smallest absolute Gasteiger partial charge is 0.246 e. The Bertz CT molecular complexity index is 1010. The zero-order chi connectivity index (χ0) is 17.7. The summed E-state index contributed by atoms with van der Waals surface area (Å²) in [6.45, 7) is 1.92. The van der Waals surface area contributed by atoms with E-state index in [1.54, 1.807) is 6.07 Å². The Morgan fingerprint density at radius 1 is 1.04 bits per heavy atom. The Morgan fingerprint density at radius 2 is 1.85 bits per heavy atom. The van der Waals surface area contributed by atoms with Crippen LogP contribution in [0.4, 0.5) is 0 Å². The van der Waals surface area contributed by atoms with Gasteiger partial charge in [-0.1, -0.05) is 30.3 Å². The van der Waals surface area contributed by atoms with Gasteiger partial charge in [0.2, 0.25) is 6.23 Å². The molecule has 0 radical (unpaired) electrons. The number of hydrogen-bond donors (Lipinski definition) is 1. The zero-order valence-corrected chi connectivity index (χ0v) is 14.3. The maximum atomic E-state index is 10.2.